The largest absolute Gasteiger partial charge is 0.462 e. The number of hydrogen-bond acceptors (Lipinski definition) is 6. The van der Waals surface area contributed by atoms with Crippen molar-refractivity contribution in [3.8, 4) is 0 Å². The first kappa shape index (κ1) is 57.8. The smallest absolute Gasteiger partial charge is 0.306 e. The Bertz CT molecular complexity index is 1350. The molecule has 348 valence electrons. The molecule has 1 unspecified atom stereocenters. The molecule has 0 fully saturated rings. The number of rotatable bonds is 42. The number of carbonyl (C=O) groups is 3. The molecule has 0 aliphatic rings. The molecular weight excluding hydrogens is 769 g/mol. The predicted molar refractivity (Wildman–Crippen MR) is 265 cm³/mol. The summed E-state index contributed by atoms with van der Waals surface area (Å²) in [5.41, 5.74) is 0. The van der Waals surface area contributed by atoms with Gasteiger partial charge in [0.15, 0.2) is 6.10 Å². The van der Waals surface area contributed by atoms with E-state index in [1.807, 2.05) is 24.3 Å². The van der Waals surface area contributed by atoms with E-state index in [-0.39, 0.29) is 31.1 Å². The molecule has 6 nitrogen and oxygen atoms in total. The molecule has 6 heteroatoms. The Morgan fingerprint density at radius 3 is 1.10 bits per heavy atom. The third kappa shape index (κ3) is 46.9. The molecule has 0 saturated heterocycles. The van der Waals surface area contributed by atoms with Crippen molar-refractivity contribution >= 4 is 17.9 Å². The third-order valence-corrected chi connectivity index (χ3v) is 9.85. The zero-order valence-electron chi connectivity index (χ0n) is 39.6. The molecule has 0 N–H and O–H groups in total. The number of hydrogen-bond donors (Lipinski definition) is 0. The van der Waals surface area contributed by atoms with Gasteiger partial charge in [0, 0.05) is 19.3 Å². The Morgan fingerprint density at radius 2 is 0.661 bits per heavy atom. The second kappa shape index (κ2) is 49.5. The fourth-order valence-electron chi connectivity index (χ4n) is 6.23. The van der Waals surface area contributed by atoms with Gasteiger partial charge >= 0.3 is 17.9 Å². The van der Waals surface area contributed by atoms with E-state index >= 15 is 0 Å². The van der Waals surface area contributed by atoms with Gasteiger partial charge in [0.25, 0.3) is 0 Å². The zero-order valence-corrected chi connectivity index (χ0v) is 39.6. The first-order chi connectivity index (χ1) is 30.5. The van der Waals surface area contributed by atoms with Gasteiger partial charge in [-0.2, -0.15) is 0 Å². The maximum absolute atomic E-state index is 12.8. The van der Waals surface area contributed by atoms with Crippen molar-refractivity contribution in [3.05, 3.63) is 122 Å². The van der Waals surface area contributed by atoms with Gasteiger partial charge in [0.05, 0.1) is 0 Å². The van der Waals surface area contributed by atoms with Crippen molar-refractivity contribution in [2.75, 3.05) is 13.2 Å². The summed E-state index contributed by atoms with van der Waals surface area (Å²) in [7, 11) is 0. The van der Waals surface area contributed by atoms with Crippen LogP contribution in [0.4, 0.5) is 0 Å². The maximum atomic E-state index is 12.8. The Balaban J connectivity index is 4.51. The van der Waals surface area contributed by atoms with E-state index in [0.29, 0.717) is 19.3 Å². The second-order valence-electron chi connectivity index (χ2n) is 15.7. The molecule has 0 rings (SSSR count). The maximum Gasteiger partial charge on any atom is 0.306 e. The number of carbonyl (C=O) groups excluding carboxylic acids is 3. The summed E-state index contributed by atoms with van der Waals surface area (Å²) < 4.78 is 16.7. The van der Waals surface area contributed by atoms with Gasteiger partial charge in [-0.1, -0.05) is 206 Å². The minimum absolute atomic E-state index is 0.107. The molecule has 0 radical (unpaired) electrons. The van der Waals surface area contributed by atoms with Crippen LogP contribution in [0.2, 0.25) is 0 Å². The molecule has 0 saturated carbocycles. The Labute approximate surface area is 380 Å². The van der Waals surface area contributed by atoms with Crippen LogP contribution in [0.5, 0.6) is 0 Å². The van der Waals surface area contributed by atoms with E-state index in [2.05, 4.69) is 118 Å². The normalized spacial score (nSPS) is 13.1. The highest BCUT2D eigenvalue weighted by Gasteiger charge is 2.19. The first-order valence-electron chi connectivity index (χ1n) is 24.6. The summed E-state index contributed by atoms with van der Waals surface area (Å²) in [6, 6.07) is 0. The molecule has 0 aromatic heterocycles. The lowest BCUT2D eigenvalue weighted by Gasteiger charge is -2.18. The van der Waals surface area contributed by atoms with Gasteiger partial charge in [-0.15, -0.1) is 0 Å². The molecule has 0 aromatic rings. The van der Waals surface area contributed by atoms with E-state index in [9.17, 15) is 14.4 Å². The van der Waals surface area contributed by atoms with E-state index in [1.165, 1.54) is 19.3 Å². The van der Waals surface area contributed by atoms with Crippen LogP contribution in [-0.4, -0.2) is 37.2 Å². The lowest BCUT2D eigenvalue weighted by molar-refractivity contribution is -0.167. The van der Waals surface area contributed by atoms with Crippen molar-refractivity contribution in [1.82, 2.24) is 0 Å². The molecule has 0 aromatic carbocycles. The molecular formula is C56H88O6. The quantitative estimate of drug-likeness (QED) is 0.0200. The highest BCUT2D eigenvalue weighted by Crippen LogP contribution is 2.13. The molecule has 0 heterocycles. The van der Waals surface area contributed by atoms with Crippen LogP contribution >= 0.6 is 0 Å². The topological polar surface area (TPSA) is 78.9 Å². The summed E-state index contributed by atoms with van der Waals surface area (Å²) in [4.78, 5) is 37.9. The summed E-state index contributed by atoms with van der Waals surface area (Å²) >= 11 is 0. The zero-order chi connectivity index (χ0) is 45.1. The lowest BCUT2D eigenvalue weighted by atomic mass is 10.1. The molecule has 1 atom stereocenters. The highest BCUT2D eigenvalue weighted by atomic mass is 16.6. The van der Waals surface area contributed by atoms with Gasteiger partial charge in [0.1, 0.15) is 13.2 Å². The third-order valence-electron chi connectivity index (χ3n) is 9.85. The van der Waals surface area contributed by atoms with Crippen LogP contribution < -0.4 is 0 Å². The van der Waals surface area contributed by atoms with Gasteiger partial charge in [-0.3, -0.25) is 14.4 Å². The van der Waals surface area contributed by atoms with Crippen molar-refractivity contribution in [2.24, 2.45) is 0 Å². The Hall–Kier alpha value is -4.19. The fraction of sp³-hybridized carbons (Fsp3) is 0.589. The minimum Gasteiger partial charge on any atom is -0.462 e. The SMILES string of the molecule is CC\C=C/C=C\C=C/C=C\CCCCCCCC(=O)OCC(COC(=O)CCCCCC/C=C\C/C=C\C/C=C\CC)OC(=O)CCCCCCCCC\C=C/C=C\C=C/CC. The highest BCUT2D eigenvalue weighted by molar-refractivity contribution is 5.71. The molecule has 62 heavy (non-hydrogen) atoms. The lowest BCUT2D eigenvalue weighted by Crippen LogP contribution is -2.30. The van der Waals surface area contributed by atoms with Gasteiger partial charge in [-0.05, 0) is 89.9 Å². The van der Waals surface area contributed by atoms with Crippen LogP contribution in [-0.2, 0) is 28.6 Å². The van der Waals surface area contributed by atoms with Crippen LogP contribution in [0.1, 0.15) is 194 Å². The molecule has 0 spiro atoms. The van der Waals surface area contributed by atoms with Crippen LogP contribution in [0.15, 0.2) is 122 Å². The van der Waals surface area contributed by atoms with Crippen molar-refractivity contribution < 1.29 is 28.6 Å². The molecule has 0 bridgehead atoms. The Morgan fingerprint density at radius 1 is 0.339 bits per heavy atom. The van der Waals surface area contributed by atoms with E-state index in [1.54, 1.807) is 0 Å². The monoisotopic (exact) mass is 857 g/mol. The number of unbranched alkanes of at least 4 members (excludes halogenated alkanes) is 16. The van der Waals surface area contributed by atoms with E-state index < -0.39 is 6.10 Å². The predicted octanol–water partition coefficient (Wildman–Crippen LogP) is 16.1. The summed E-state index contributed by atoms with van der Waals surface area (Å²) in [6.45, 7) is 6.18. The average Bonchev–Trinajstić information content (AvgIpc) is 3.27. The number of esters is 3. The average molecular weight is 857 g/mol. The summed E-state index contributed by atoms with van der Waals surface area (Å²) in [5, 5.41) is 0. The van der Waals surface area contributed by atoms with Gasteiger partial charge < -0.3 is 14.2 Å². The van der Waals surface area contributed by atoms with Crippen LogP contribution in [0.3, 0.4) is 0 Å². The summed E-state index contributed by atoms with van der Waals surface area (Å²) in [6.07, 6.45) is 67.5. The van der Waals surface area contributed by atoms with Gasteiger partial charge in [-0.25, -0.2) is 0 Å². The second-order valence-corrected chi connectivity index (χ2v) is 15.7. The van der Waals surface area contributed by atoms with E-state index in [4.69, 9.17) is 14.2 Å². The Kier molecular flexibility index (Phi) is 46.1. The standard InChI is InChI=1S/C56H88O6/c1-4-7-10-13-16-19-22-25-28-31-34-37-40-43-46-49-55(58)61-52-53(51-60-54(57)48-45-42-39-36-33-30-27-24-21-18-15-12-9-6-3)62-56(59)50-47-44-41-38-35-32-29-26-23-20-17-14-11-8-5-2/h7-14,16-23,25,27-28,30,53H,4-6,15,24,26,29,31-52H2,1-3H3/b10-7-,11-8-,12-9-,16-13-,17-14-,21-18-,22-19-,23-20-,28-25-,30-27-. The minimum atomic E-state index is -0.806. The van der Waals surface area contributed by atoms with Crippen LogP contribution in [0, 0.1) is 0 Å². The molecule has 0 amide bonds. The van der Waals surface area contributed by atoms with Crippen molar-refractivity contribution in [2.45, 2.75) is 200 Å². The van der Waals surface area contributed by atoms with Crippen molar-refractivity contribution in [3.63, 3.8) is 0 Å². The van der Waals surface area contributed by atoms with Crippen LogP contribution in [0.25, 0.3) is 0 Å². The summed E-state index contributed by atoms with van der Waals surface area (Å²) in [5.74, 6) is -0.972. The molecule has 0 aliphatic carbocycles. The number of ether oxygens (including phenoxy) is 3. The van der Waals surface area contributed by atoms with Gasteiger partial charge in [0.2, 0.25) is 0 Å². The van der Waals surface area contributed by atoms with E-state index in [0.717, 1.165) is 135 Å². The fourth-order valence-corrected chi connectivity index (χ4v) is 6.23. The first-order valence-corrected chi connectivity index (χ1v) is 24.6. The van der Waals surface area contributed by atoms with Crippen molar-refractivity contribution in [1.29, 1.82) is 0 Å². The molecule has 0 aliphatic heterocycles. The number of allylic oxidation sites excluding steroid dienone is 20.